The van der Waals surface area contributed by atoms with Gasteiger partial charge in [0.25, 0.3) is 0 Å². The van der Waals surface area contributed by atoms with Gasteiger partial charge in [-0.05, 0) is 18.6 Å². The molecular formula is C27H30F3N5O2. The van der Waals surface area contributed by atoms with E-state index < -0.39 is 11.7 Å². The second kappa shape index (κ2) is 11.6. The number of halogens is 3. The van der Waals surface area contributed by atoms with Crippen LogP contribution in [0.5, 0.6) is 0 Å². The van der Waals surface area contributed by atoms with Gasteiger partial charge in [0.05, 0.1) is 17.9 Å². The molecule has 1 fully saturated rings. The molecule has 1 aliphatic heterocycles. The highest BCUT2D eigenvalue weighted by Gasteiger charge is 2.31. The molecule has 1 saturated heterocycles. The number of rotatable bonds is 7. The van der Waals surface area contributed by atoms with Gasteiger partial charge in [-0.1, -0.05) is 48.5 Å². The largest absolute Gasteiger partial charge is 0.416 e. The second-order valence-electron chi connectivity index (χ2n) is 8.78. The third kappa shape index (κ3) is 6.37. The Morgan fingerprint density at radius 2 is 1.76 bits per heavy atom. The highest BCUT2D eigenvalue weighted by atomic mass is 19.4. The lowest BCUT2D eigenvalue weighted by molar-refractivity contribution is -0.137. The van der Waals surface area contributed by atoms with Crippen LogP contribution < -0.4 is 10.2 Å². The van der Waals surface area contributed by atoms with E-state index >= 15 is 0 Å². The number of nitrogens with one attached hydrogen (secondary N) is 1. The van der Waals surface area contributed by atoms with Crippen molar-refractivity contribution >= 4 is 11.8 Å². The molecule has 1 N–H and O–H groups in total. The minimum absolute atomic E-state index is 0.112. The van der Waals surface area contributed by atoms with Gasteiger partial charge in [-0.15, -0.1) is 0 Å². The van der Waals surface area contributed by atoms with Gasteiger partial charge in [-0.3, -0.25) is 0 Å². The lowest BCUT2D eigenvalue weighted by Gasteiger charge is -2.36. The molecule has 2 aromatic carbocycles. The number of piperazine rings is 1. The van der Waals surface area contributed by atoms with Crippen molar-refractivity contribution in [3.63, 3.8) is 0 Å². The van der Waals surface area contributed by atoms with Gasteiger partial charge >= 0.3 is 12.2 Å². The number of anilines is 1. The number of hydrogen-bond acceptors (Lipinski definition) is 5. The fourth-order valence-electron chi connectivity index (χ4n) is 4.38. The summed E-state index contributed by atoms with van der Waals surface area (Å²) in [4.78, 5) is 25.8. The number of carbonyl (C=O) groups is 1. The molecule has 37 heavy (non-hydrogen) atoms. The van der Waals surface area contributed by atoms with Crippen molar-refractivity contribution in [1.82, 2.24) is 20.2 Å². The Balaban J connectivity index is 1.75. The quantitative estimate of drug-likeness (QED) is 0.494. The highest BCUT2D eigenvalue weighted by molar-refractivity contribution is 5.74. The first-order valence-electron chi connectivity index (χ1n) is 12.2. The van der Waals surface area contributed by atoms with E-state index in [1.165, 1.54) is 12.1 Å². The average Bonchev–Trinajstić information content (AvgIpc) is 2.90. The molecule has 10 heteroatoms. The summed E-state index contributed by atoms with van der Waals surface area (Å²) in [5.41, 5.74) is 1.97. The van der Waals surface area contributed by atoms with Crippen LogP contribution in [0.15, 0.2) is 54.6 Å². The molecule has 0 bridgehead atoms. The SMILES string of the molecule is CCNC(=O)N1CCN(c2nc(-c3ccccc3)nc(COC)c2Cc2cccc(C(F)(F)F)c2)CC1. The maximum atomic E-state index is 13.4. The van der Waals surface area contributed by atoms with Crippen LogP contribution in [0.25, 0.3) is 11.4 Å². The molecule has 0 unspecified atom stereocenters. The zero-order chi connectivity index (χ0) is 26.4. The highest BCUT2D eigenvalue weighted by Crippen LogP contribution is 2.32. The van der Waals surface area contributed by atoms with Crippen molar-refractivity contribution in [2.45, 2.75) is 26.1 Å². The Hall–Kier alpha value is -3.66. The summed E-state index contributed by atoms with van der Waals surface area (Å²) in [5.74, 6) is 1.16. The number of hydrogen-bond donors (Lipinski definition) is 1. The van der Waals surface area contributed by atoms with Gasteiger partial charge in [-0.25, -0.2) is 14.8 Å². The smallest absolute Gasteiger partial charge is 0.378 e. The Morgan fingerprint density at radius 1 is 1.03 bits per heavy atom. The molecule has 196 valence electrons. The molecule has 0 atom stereocenters. The van der Waals surface area contributed by atoms with E-state index in [4.69, 9.17) is 14.7 Å². The number of amides is 2. The van der Waals surface area contributed by atoms with Crippen molar-refractivity contribution in [3.05, 3.63) is 77.0 Å². The molecule has 0 radical (unpaired) electrons. The molecule has 2 heterocycles. The van der Waals surface area contributed by atoms with Crippen LogP contribution in [0.3, 0.4) is 0 Å². The molecule has 1 aromatic heterocycles. The summed E-state index contributed by atoms with van der Waals surface area (Å²) in [6.07, 6.45) is -4.22. The maximum Gasteiger partial charge on any atom is 0.416 e. The van der Waals surface area contributed by atoms with Gasteiger partial charge in [0, 0.05) is 57.4 Å². The van der Waals surface area contributed by atoms with Crippen LogP contribution >= 0.6 is 0 Å². The number of ether oxygens (including phenoxy) is 1. The van der Waals surface area contributed by atoms with Crippen LogP contribution in [0.1, 0.15) is 29.3 Å². The number of nitrogens with zero attached hydrogens (tertiary/aromatic N) is 4. The first-order valence-corrected chi connectivity index (χ1v) is 12.2. The van der Waals surface area contributed by atoms with E-state index in [2.05, 4.69) is 10.2 Å². The van der Waals surface area contributed by atoms with Gasteiger partial charge in [0.1, 0.15) is 5.82 Å². The summed E-state index contributed by atoms with van der Waals surface area (Å²) in [6, 6.07) is 14.7. The summed E-state index contributed by atoms with van der Waals surface area (Å²) in [7, 11) is 1.56. The van der Waals surface area contributed by atoms with Crippen LogP contribution in [0.4, 0.5) is 23.8 Å². The molecule has 2 amide bonds. The normalized spacial score (nSPS) is 14.1. The first kappa shape index (κ1) is 26.4. The third-order valence-electron chi connectivity index (χ3n) is 6.21. The third-order valence-corrected chi connectivity index (χ3v) is 6.21. The van der Waals surface area contributed by atoms with Crippen molar-refractivity contribution in [2.24, 2.45) is 0 Å². The number of alkyl halides is 3. The average molecular weight is 514 g/mol. The number of carbonyl (C=O) groups excluding carboxylic acids is 1. The van der Waals surface area contributed by atoms with Crippen LogP contribution in [0, 0.1) is 0 Å². The van der Waals surface area contributed by atoms with E-state index in [0.29, 0.717) is 61.2 Å². The van der Waals surface area contributed by atoms with Gasteiger partial charge in [0.2, 0.25) is 0 Å². The molecular weight excluding hydrogens is 483 g/mol. The minimum atomic E-state index is -4.43. The lowest BCUT2D eigenvalue weighted by atomic mass is 10.0. The predicted octanol–water partition coefficient (Wildman–Crippen LogP) is 4.75. The monoisotopic (exact) mass is 513 g/mol. The predicted molar refractivity (Wildman–Crippen MR) is 135 cm³/mol. The standard InChI is InChI=1S/C27H30F3N5O2/c1-3-31-26(36)35-14-12-34(13-15-35)25-22(17-19-8-7-11-21(16-19)27(28,29)30)23(18-37-2)32-24(33-25)20-9-5-4-6-10-20/h4-11,16H,3,12-15,17-18H2,1-2H3,(H,31,36). The Morgan fingerprint density at radius 3 is 2.41 bits per heavy atom. The van der Waals surface area contributed by atoms with Gasteiger partial charge in [-0.2, -0.15) is 13.2 Å². The maximum absolute atomic E-state index is 13.4. The van der Waals surface area contributed by atoms with Crippen LogP contribution in [-0.4, -0.2) is 60.7 Å². The van der Waals surface area contributed by atoms with E-state index in [9.17, 15) is 18.0 Å². The van der Waals surface area contributed by atoms with Crippen LogP contribution in [-0.2, 0) is 23.9 Å². The van der Waals surface area contributed by atoms with Crippen LogP contribution in [0.2, 0.25) is 0 Å². The molecule has 0 aliphatic carbocycles. The summed E-state index contributed by atoms with van der Waals surface area (Å²) < 4.78 is 45.6. The van der Waals surface area contributed by atoms with E-state index in [1.54, 1.807) is 18.1 Å². The first-order chi connectivity index (χ1) is 17.8. The molecule has 0 saturated carbocycles. The second-order valence-corrected chi connectivity index (χ2v) is 8.78. The Labute approximate surface area is 214 Å². The number of urea groups is 1. The number of benzene rings is 2. The fourth-order valence-corrected chi connectivity index (χ4v) is 4.38. The van der Waals surface area contributed by atoms with Crippen molar-refractivity contribution in [3.8, 4) is 11.4 Å². The Kier molecular flexibility index (Phi) is 8.27. The molecule has 1 aliphatic rings. The molecule has 7 nitrogen and oxygen atoms in total. The fraction of sp³-hybridized carbons (Fsp3) is 0.370. The Bertz CT molecular complexity index is 1210. The number of methoxy groups -OCH3 is 1. The summed E-state index contributed by atoms with van der Waals surface area (Å²) in [5, 5.41) is 2.82. The lowest BCUT2D eigenvalue weighted by Crippen LogP contribution is -2.52. The van der Waals surface area contributed by atoms with Gasteiger partial charge in [0.15, 0.2) is 5.82 Å². The zero-order valence-corrected chi connectivity index (χ0v) is 20.9. The van der Waals surface area contributed by atoms with Gasteiger partial charge < -0.3 is 19.9 Å². The molecule has 0 spiro atoms. The van der Waals surface area contributed by atoms with Crippen molar-refractivity contribution < 1.29 is 22.7 Å². The van der Waals surface area contributed by atoms with E-state index in [1.807, 2.05) is 37.3 Å². The van der Waals surface area contributed by atoms with E-state index in [-0.39, 0.29) is 19.1 Å². The van der Waals surface area contributed by atoms with E-state index in [0.717, 1.165) is 11.6 Å². The molecule has 3 aromatic rings. The molecule has 4 rings (SSSR count). The zero-order valence-electron chi connectivity index (χ0n) is 20.9. The topological polar surface area (TPSA) is 70.6 Å². The van der Waals surface area contributed by atoms with Crippen molar-refractivity contribution in [2.75, 3.05) is 44.7 Å². The summed E-state index contributed by atoms with van der Waals surface area (Å²) in [6.45, 7) is 4.67. The summed E-state index contributed by atoms with van der Waals surface area (Å²) >= 11 is 0. The van der Waals surface area contributed by atoms with Crippen molar-refractivity contribution in [1.29, 1.82) is 0 Å². The number of aromatic nitrogens is 2. The minimum Gasteiger partial charge on any atom is -0.378 e.